The van der Waals surface area contributed by atoms with Crippen molar-refractivity contribution in [2.45, 2.75) is 319 Å². The first kappa shape index (κ1) is 64.8. The Morgan fingerprint density at radius 2 is 0.886 bits per heavy atom. The van der Waals surface area contributed by atoms with Crippen LogP contribution in [0, 0.1) is 0 Å². The Hall–Kier alpha value is -1.27. The fourth-order valence-corrected chi connectivity index (χ4v) is 9.76. The average molecular weight is 1000 g/mol. The number of aliphatic hydroxyl groups excluding tert-OH is 8. The van der Waals surface area contributed by atoms with Gasteiger partial charge in [-0.15, -0.1) is 0 Å². The summed E-state index contributed by atoms with van der Waals surface area (Å²) in [5.41, 5.74) is 0. The summed E-state index contributed by atoms with van der Waals surface area (Å²) in [6, 6.07) is -0.908. The highest BCUT2D eigenvalue weighted by molar-refractivity contribution is 5.76. The van der Waals surface area contributed by atoms with Crippen LogP contribution in [0.1, 0.15) is 245 Å². The van der Waals surface area contributed by atoms with Gasteiger partial charge >= 0.3 is 0 Å². The predicted molar refractivity (Wildman–Crippen MR) is 277 cm³/mol. The fraction of sp³-hybridized carbons (Fsp3) is 0.946. The maximum Gasteiger partial charge on any atom is 0.220 e. The van der Waals surface area contributed by atoms with Gasteiger partial charge in [-0.25, -0.2) is 0 Å². The van der Waals surface area contributed by atoms with Crippen molar-refractivity contribution in [1.29, 1.82) is 0 Å². The minimum atomic E-state index is -1.78. The van der Waals surface area contributed by atoms with E-state index in [0.29, 0.717) is 6.42 Å². The van der Waals surface area contributed by atoms with E-state index in [1.807, 2.05) is 6.08 Å². The number of amides is 1. The van der Waals surface area contributed by atoms with E-state index in [1.54, 1.807) is 6.08 Å². The van der Waals surface area contributed by atoms with Gasteiger partial charge in [0.1, 0.15) is 48.8 Å². The highest BCUT2D eigenvalue weighted by atomic mass is 16.7. The number of ether oxygens (including phenoxy) is 4. The molecular weight excluding hydrogens is 895 g/mol. The Morgan fingerprint density at radius 3 is 1.31 bits per heavy atom. The van der Waals surface area contributed by atoms with E-state index >= 15 is 0 Å². The molecule has 12 unspecified atom stereocenters. The number of nitrogens with one attached hydrogen (secondary N) is 1. The van der Waals surface area contributed by atoms with Crippen molar-refractivity contribution >= 4 is 5.91 Å². The lowest BCUT2D eigenvalue weighted by molar-refractivity contribution is -0.359. The van der Waals surface area contributed by atoms with Crippen molar-refractivity contribution in [2.75, 3.05) is 19.8 Å². The van der Waals surface area contributed by atoms with Crippen LogP contribution in [0.4, 0.5) is 0 Å². The van der Waals surface area contributed by atoms with Gasteiger partial charge in [0.25, 0.3) is 0 Å². The number of aliphatic hydroxyl groups is 8. The Morgan fingerprint density at radius 1 is 0.500 bits per heavy atom. The van der Waals surface area contributed by atoms with Crippen LogP contribution in [-0.4, -0.2) is 140 Å². The van der Waals surface area contributed by atoms with Gasteiger partial charge in [-0.2, -0.15) is 0 Å². The normalized spacial score (nSPS) is 26.0. The van der Waals surface area contributed by atoms with Crippen LogP contribution in [0.2, 0.25) is 0 Å². The van der Waals surface area contributed by atoms with E-state index in [4.69, 9.17) is 18.9 Å². The van der Waals surface area contributed by atoms with Gasteiger partial charge in [0.15, 0.2) is 12.6 Å². The van der Waals surface area contributed by atoms with Crippen LogP contribution in [0.25, 0.3) is 0 Å². The smallest absolute Gasteiger partial charge is 0.220 e. The number of hydrogen-bond acceptors (Lipinski definition) is 13. The third-order valence-electron chi connectivity index (χ3n) is 14.5. The number of carbonyl (C=O) groups is 1. The second kappa shape index (κ2) is 43.0. The van der Waals surface area contributed by atoms with Crippen LogP contribution in [0.15, 0.2) is 12.2 Å². The summed E-state index contributed by atoms with van der Waals surface area (Å²) >= 11 is 0. The average Bonchev–Trinajstić information content (AvgIpc) is 3.36. The highest BCUT2D eigenvalue weighted by Crippen LogP contribution is 2.30. The Labute approximate surface area is 425 Å². The molecular formula is C56H107NO13. The predicted octanol–water partition coefficient (Wildman–Crippen LogP) is 9.11. The molecule has 70 heavy (non-hydrogen) atoms. The topological polar surface area (TPSA) is 228 Å². The van der Waals surface area contributed by atoms with Gasteiger partial charge in [0.05, 0.1) is 32.0 Å². The number of allylic oxidation sites excluding steroid dienone is 1. The molecule has 2 fully saturated rings. The summed E-state index contributed by atoms with van der Waals surface area (Å²) in [5, 5.41) is 86.8. The van der Waals surface area contributed by atoms with Gasteiger partial charge in [-0.3, -0.25) is 4.79 Å². The van der Waals surface area contributed by atoms with Crippen LogP contribution >= 0.6 is 0 Å². The zero-order chi connectivity index (χ0) is 51.0. The lowest BCUT2D eigenvalue weighted by atomic mass is 9.97. The molecule has 1 amide bonds. The number of carbonyl (C=O) groups excluding carboxylic acids is 1. The maximum atomic E-state index is 13.2. The second-order valence-corrected chi connectivity index (χ2v) is 20.8. The SMILES string of the molecule is CCCCCCCCCCC/C=C/C(O)C(COC1OC(CO)C(OC2OC(CO)C(O)C(O)C2O)C(O)C1O)NC(=O)CCCCCCCCCCCCCCCCCCCCCCCCCCC. The zero-order valence-electron chi connectivity index (χ0n) is 44.3. The standard InChI is InChI=1S/C56H107NO13/c1-3-5-7-9-11-13-15-16-17-18-19-20-21-22-23-24-25-26-27-28-30-32-34-36-38-40-48(61)57-44(45(60)39-37-35-33-31-29-14-12-10-8-6-4-2)43-67-55-53(66)51(64)54(47(42-59)69-55)70-56-52(65)50(63)49(62)46(41-58)68-56/h37,39,44-47,49-56,58-60,62-66H,3-36,38,40-43H2,1-2H3,(H,57,61)/b39-37+. The van der Waals surface area contributed by atoms with Crippen molar-refractivity contribution in [3.05, 3.63) is 12.2 Å². The summed E-state index contributed by atoms with van der Waals surface area (Å²) in [7, 11) is 0. The molecule has 14 heteroatoms. The number of hydrogen-bond donors (Lipinski definition) is 9. The molecule has 0 aromatic carbocycles. The molecule has 0 aromatic rings. The molecule has 0 aliphatic carbocycles. The molecule has 0 bridgehead atoms. The first-order valence-electron chi connectivity index (χ1n) is 28.9. The molecule has 14 nitrogen and oxygen atoms in total. The van der Waals surface area contributed by atoms with E-state index in [1.165, 1.54) is 180 Å². The van der Waals surface area contributed by atoms with Crippen LogP contribution in [0.3, 0.4) is 0 Å². The second-order valence-electron chi connectivity index (χ2n) is 20.8. The van der Waals surface area contributed by atoms with Gasteiger partial charge in [-0.1, -0.05) is 231 Å². The first-order chi connectivity index (χ1) is 34.1. The molecule has 0 spiro atoms. The van der Waals surface area contributed by atoms with E-state index < -0.39 is 86.8 Å². The molecule has 2 saturated heterocycles. The van der Waals surface area contributed by atoms with Crippen molar-refractivity contribution < 1.29 is 64.6 Å². The van der Waals surface area contributed by atoms with Crippen LogP contribution < -0.4 is 5.32 Å². The fourth-order valence-electron chi connectivity index (χ4n) is 9.76. The lowest BCUT2D eigenvalue weighted by Crippen LogP contribution is -2.65. The molecule has 2 heterocycles. The molecule has 9 N–H and O–H groups in total. The zero-order valence-corrected chi connectivity index (χ0v) is 44.3. The Bertz CT molecular complexity index is 1230. The molecule has 2 rings (SSSR count). The van der Waals surface area contributed by atoms with Gasteiger partial charge in [0, 0.05) is 6.42 Å². The molecule has 2 aliphatic heterocycles. The molecule has 0 radical (unpaired) electrons. The highest BCUT2D eigenvalue weighted by Gasteiger charge is 2.51. The quantitative estimate of drug-likeness (QED) is 0.0205. The van der Waals surface area contributed by atoms with Crippen LogP contribution in [-0.2, 0) is 23.7 Å². The Balaban J connectivity index is 1.70. The first-order valence-corrected chi connectivity index (χ1v) is 28.9. The third kappa shape index (κ3) is 29.0. The van der Waals surface area contributed by atoms with Gasteiger partial charge < -0.3 is 65.1 Å². The summed E-state index contributed by atoms with van der Waals surface area (Å²) in [4.78, 5) is 13.2. The molecule has 0 aromatic heterocycles. The summed E-state index contributed by atoms with van der Waals surface area (Å²) in [5.74, 6) is -0.236. The van der Waals surface area contributed by atoms with Gasteiger partial charge in [-0.05, 0) is 19.3 Å². The van der Waals surface area contributed by atoms with E-state index in [2.05, 4.69) is 19.2 Å². The minimum absolute atomic E-state index is 0.236. The minimum Gasteiger partial charge on any atom is -0.394 e. The van der Waals surface area contributed by atoms with Crippen molar-refractivity contribution in [3.8, 4) is 0 Å². The van der Waals surface area contributed by atoms with Crippen molar-refractivity contribution in [1.82, 2.24) is 5.32 Å². The van der Waals surface area contributed by atoms with E-state index in [0.717, 1.165) is 38.5 Å². The molecule has 12 atom stereocenters. The van der Waals surface area contributed by atoms with Crippen molar-refractivity contribution in [3.63, 3.8) is 0 Å². The molecule has 414 valence electrons. The third-order valence-corrected chi connectivity index (χ3v) is 14.5. The molecule has 2 aliphatic rings. The summed E-state index contributed by atoms with van der Waals surface area (Å²) in [6.45, 7) is 2.80. The number of rotatable bonds is 46. The molecule has 0 saturated carbocycles. The largest absolute Gasteiger partial charge is 0.394 e. The van der Waals surface area contributed by atoms with Crippen LogP contribution in [0.5, 0.6) is 0 Å². The number of unbranched alkanes of at least 4 members (excludes halogenated alkanes) is 33. The summed E-state index contributed by atoms with van der Waals surface area (Å²) < 4.78 is 22.7. The Kier molecular flexibility index (Phi) is 39.9. The summed E-state index contributed by atoms with van der Waals surface area (Å²) in [6.07, 6.45) is 31.3. The lowest BCUT2D eigenvalue weighted by Gasteiger charge is -2.46. The van der Waals surface area contributed by atoms with E-state index in [9.17, 15) is 45.6 Å². The van der Waals surface area contributed by atoms with Gasteiger partial charge in [0.2, 0.25) is 5.91 Å². The van der Waals surface area contributed by atoms with E-state index in [-0.39, 0.29) is 18.9 Å². The maximum absolute atomic E-state index is 13.2. The monoisotopic (exact) mass is 1000 g/mol. The van der Waals surface area contributed by atoms with Crippen molar-refractivity contribution in [2.24, 2.45) is 0 Å².